The first-order valence-electron chi connectivity index (χ1n) is 17.8. The van der Waals surface area contributed by atoms with Gasteiger partial charge in [-0.2, -0.15) is 0 Å². The van der Waals surface area contributed by atoms with Crippen LogP contribution in [0.15, 0.2) is 192 Å². The Hall–Kier alpha value is -6.84. The molecule has 246 valence electrons. The van der Waals surface area contributed by atoms with Crippen LogP contribution in [0.2, 0.25) is 0 Å². The monoisotopic (exact) mass is 666 g/mol. The summed E-state index contributed by atoms with van der Waals surface area (Å²) in [6.07, 6.45) is 0. The zero-order valence-corrected chi connectivity index (χ0v) is 28.7. The van der Waals surface area contributed by atoms with Crippen LogP contribution in [0, 0.1) is 6.92 Å². The van der Waals surface area contributed by atoms with Gasteiger partial charge >= 0.3 is 0 Å². The number of hydrogen-bond acceptors (Lipinski definition) is 2. The molecule has 0 aliphatic heterocycles. The van der Waals surface area contributed by atoms with Crippen molar-refractivity contribution in [1.82, 2.24) is 4.57 Å². The molecule has 8 aromatic carbocycles. The molecule has 0 saturated carbocycles. The molecule has 3 nitrogen and oxygen atoms in total. The number of hydrogen-bond donors (Lipinski definition) is 0. The largest absolute Gasteiger partial charge is 0.453 e. The number of para-hydroxylation sites is 4. The Labute approximate surface area is 302 Å². The first kappa shape index (κ1) is 30.0. The van der Waals surface area contributed by atoms with Crippen LogP contribution < -0.4 is 4.90 Å². The molecule has 0 saturated heterocycles. The average molecular weight is 667 g/mol. The van der Waals surface area contributed by atoms with Gasteiger partial charge in [-0.25, -0.2) is 0 Å². The molecule has 10 aromatic rings. The average Bonchev–Trinajstić information content (AvgIpc) is 3.75. The lowest BCUT2D eigenvalue weighted by atomic mass is 10.00. The van der Waals surface area contributed by atoms with E-state index in [1.807, 2.05) is 0 Å². The lowest BCUT2D eigenvalue weighted by Gasteiger charge is -2.26. The van der Waals surface area contributed by atoms with Gasteiger partial charge in [-0.05, 0) is 89.8 Å². The number of anilines is 3. The maximum absolute atomic E-state index is 7.08. The maximum Gasteiger partial charge on any atom is 0.159 e. The molecular weight excluding hydrogens is 633 g/mol. The van der Waals surface area contributed by atoms with Crippen LogP contribution in [0.4, 0.5) is 17.1 Å². The summed E-state index contributed by atoms with van der Waals surface area (Å²) < 4.78 is 9.45. The molecule has 0 bridgehead atoms. The van der Waals surface area contributed by atoms with Crippen LogP contribution in [-0.4, -0.2) is 4.57 Å². The van der Waals surface area contributed by atoms with Gasteiger partial charge in [-0.3, -0.25) is 0 Å². The zero-order chi connectivity index (χ0) is 34.6. The minimum atomic E-state index is 0.864. The number of benzene rings is 8. The van der Waals surface area contributed by atoms with Gasteiger partial charge in [0, 0.05) is 44.2 Å². The van der Waals surface area contributed by atoms with Crippen LogP contribution in [0.3, 0.4) is 0 Å². The van der Waals surface area contributed by atoms with Crippen molar-refractivity contribution >= 4 is 60.8 Å². The Morgan fingerprint density at radius 3 is 1.83 bits per heavy atom. The molecule has 0 aliphatic carbocycles. The first-order chi connectivity index (χ1) is 25.7. The lowest BCUT2D eigenvalue weighted by molar-refractivity contribution is 0.670. The lowest BCUT2D eigenvalue weighted by Crippen LogP contribution is -2.10. The summed E-state index contributed by atoms with van der Waals surface area (Å²) in [6.45, 7) is 2.17. The first-order valence-corrected chi connectivity index (χ1v) is 17.8. The van der Waals surface area contributed by atoms with Crippen molar-refractivity contribution < 1.29 is 4.42 Å². The van der Waals surface area contributed by atoms with E-state index >= 15 is 0 Å². The molecule has 0 spiro atoms. The van der Waals surface area contributed by atoms with E-state index in [1.54, 1.807) is 0 Å². The standard InChI is InChI=1S/C49H34N2O/c1-33-30-44-43-22-13-21-40(36-26-29-42-41-20-11-12-23-45(41)51(46(42)32-36)38-18-9-4-10-19-38)48(43)52-49(44)47(31-33)50(37-16-7-3-8-17-37)39-27-24-35(25-28-39)34-14-5-2-6-15-34/h2-32H,1H3. The highest BCUT2D eigenvalue weighted by atomic mass is 16.3. The Kier molecular flexibility index (Phi) is 7.04. The Morgan fingerprint density at radius 1 is 0.423 bits per heavy atom. The van der Waals surface area contributed by atoms with Gasteiger partial charge in [0.05, 0.1) is 16.7 Å². The summed E-state index contributed by atoms with van der Waals surface area (Å²) in [7, 11) is 0. The molecule has 0 amide bonds. The highest BCUT2D eigenvalue weighted by Crippen LogP contribution is 2.45. The summed E-state index contributed by atoms with van der Waals surface area (Å²) in [5.74, 6) is 0. The van der Waals surface area contributed by atoms with Gasteiger partial charge in [0.25, 0.3) is 0 Å². The highest BCUT2D eigenvalue weighted by molar-refractivity contribution is 6.15. The molecule has 2 heterocycles. The quantitative estimate of drug-likeness (QED) is 0.176. The second-order valence-corrected chi connectivity index (χ2v) is 13.4. The fourth-order valence-corrected chi connectivity index (χ4v) is 7.85. The number of rotatable bonds is 6. The molecule has 52 heavy (non-hydrogen) atoms. The molecule has 0 fully saturated rings. The van der Waals surface area contributed by atoms with Crippen LogP contribution in [0.25, 0.3) is 71.7 Å². The van der Waals surface area contributed by atoms with Crippen molar-refractivity contribution in [1.29, 1.82) is 0 Å². The van der Waals surface area contributed by atoms with Crippen LogP contribution in [-0.2, 0) is 0 Å². The Bertz CT molecular complexity index is 2890. The number of furan rings is 1. The van der Waals surface area contributed by atoms with Crippen LogP contribution in [0.5, 0.6) is 0 Å². The normalized spacial score (nSPS) is 11.6. The fourth-order valence-electron chi connectivity index (χ4n) is 7.85. The third kappa shape index (κ3) is 4.90. The Balaban J connectivity index is 1.17. The molecule has 0 radical (unpaired) electrons. The van der Waals surface area contributed by atoms with Crippen molar-refractivity contribution in [3.05, 3.63) is 194 Å². The van der Waals surface area contributed by atoms with Gasteiger partial charge in [-0.1, -0.05) is 127 Å². The van der Waals surface area contributed by atoms with E-state index in [2.05, 4.69) is 204 Å². The molecule has 0 unspecified atom stereocenters. The molecule has 10 rings (SSSR count). The van der Waals surface area contributed by atoms with E-state index in [9.17, 15) is 0 Å². The zero-order valence-electron chi connectivity index (χ0n) is 28.7. The number of nitrogens with zero attached hydrogens (tertiary/aromatic N) is 2. The van der Waals surface area contributed by atoms with Crippen molar-refractivity contribution in [3.8, 4) is 27.9 Å². The number of aryl methyl sites for hydroxylation is 1. The van der Waals surface area contributed by atoms with Crippen molar-refractivity contribution in [2.75, 3.05) is 4.90 Å². The van der Waals surface area contributed by atoms with Gasteiger partial charge in [0.2, 0.25) is 0 Å². The number of aromatic nitrogens is 1. The third-order valence-corrected chi connectivity index (χ3v) is 10.2. The van der Waals surface area contributed by atoms with E-state index in [0.29, 0.717) is 0 Å². The van der Waals surface area contributed by atoms with Gasteiger partial charge in [0.15, 0.2) is 5.58 Å². The van der Waals surface area contributed by atoms with E-state index in [0.717, 1.165) is 55.8 Å². The SMILES string of the molecule is Cc1cc(N(c2ccccc2)c2ccc(-c3ccccc3)cc2)c2oc3c(-c4ccc5c6ccccc6n(-c6ccccc6)c5c4)cccc3c2c1. The summed E-state index contributed by atoms with van der Waals surface area (Å²) in [5.41, 5.74) is 14.2. The molecule has 0 N–H and O–H groups in total. The molecular formula is C49H34N2O. The maximum atomic E-state index is 7.08. The third-order valence-electron chi connectivity index (χ3n) is 10.2. The van der Waals surface area contributed by atoms with Crippen LogP contribution in [0.1, 0.15) is 5.56 Å². The summed E-state index contributed by atoms with van der Waals surface area (Å²) in [5, 5.41) is 4.68. The van der Waals surface area contributed by atoms with Crippen molar-refractivity contribution in [2.24, 2.45) is 0 Å². The molecule has 0 aliphatic rings. The highest BCUT2D eigenvalue weighted by Gasteiger charge is 2.22. The minimum Gasteiger partial charge on any atom is -0.453 e. The van der Waals surface area contributed by atoms with Crippen molar-refractivity contribution in [2.45, 2.75) is 6.92 Å². The fraction of sp³-hybridized carbons (Fsp3) is 0.0204. The van der Waals surface area contributed by atoms with E-state index in [1.165, 1.54) is 38.5 Å². The van der Waals surface area contributed by atoms with Crippen molar-refractivity contribution in [3.63, 3.8) is 0 Å². The topological polar surface area (TPSA) is 21.3 Å². The van der Waals surface area contributed by atoms with Gasteiger partial charge in [0.1, 0.15) is 5.58 Å². The minimum absolute atomic E-state index is 0.864. The van der Waals surface area contributed by atoms with E-state index in [-0.39, 0.29) is 0 Å². The summed E-state index contributed by atoms with van der Waals surface area (Å²) >= 11 is 0. The second kappa shape index (κ2) is 12.2. The number of fused-ring (bicyclic) bond motifs is 6. The predicted octanol–water partition coefficient (Wildman–Crippen LogP) is 13.8. The molecule has 3 heteroatoms. The van der Waals surface area contributed by atoms with E-state index < -0.39 is 0 Å². The van der Waals surface area contributed by atoms with Crippen LogP contribution >= 0.6 is 0 Å². The Morgan fingerprint density at radius 2 is 1.04 bits per heavy atom. The smallest absolute Gasteiger partial charge is 0.159 e. The molecule has 2 aromatic heterocycles. The predicted molar refractivity (Wildman–Crippen MR) is 218 cm³/mol. The van der Waals surface area contributed by atoms with E-state index in [4.69, 9.17) is 4.42 Å². The van der Waals surface area contributed by atoms with Gasteiger partial charge in [-0.15, -0.1) is 0 Å². The van der Waals surface area contributed by atoms with Gasteiger partial charge < -0.3 is 13.9 Å². The molecule has 0 atom stereocenters. The summed E-state index contributed by atoms with van der Waals surface area (Å²) in [6, 6.07) is 67.1. The second-order valence-electron chi connectivity index (χ2n) is 13.4. The summed E-state index contributed by atoms with van der Waals surface area (Å²) in [4.78, 5) is 2.32.